The van der Waals surface area contributed by atoms with Gasteiger partial charge in [-0.25, -0.2) is 0 Å². The standard InChI is InChI=1S/C16H22N2S.C10H12.2C2H6.C2H2/c1-12-8-16(19-11-12)15(17)10-18(3)9-14-7-5-4-6-13(14)2;1-8(2)10-7-5-4-6-9(10)3;3*1-2/h4-8,11,15H,9-10,17H2,1-3H3;4-7H,1H2,2-3H3;2*1-2H3;1-2H. The van der Waals surface area contributed by atoms with Crippen LogP contribution in [0.3, 0.4) is 0 Å². The minimum Gasteiger partial charge on any atom is -0.322 e. The first-order valence-corrected chi connectivity index (χ1v) is 13.2. The fourth-order valence-corrected chi connectivity index (χ4v) is 4.16. The fraction of sp³-hybridized carbons (Fsp3) is 0.375. The number of aryl methyl sites for hydroxylation is 3. The van der Waals surface area contributed by atoms with E-state index in [0.717, 1.165) is 18.7 Å². The zero-order valence-corrected chi connectivity index (χ0v) is 24.4. The van der Waals surface area contributed by atoms with Crippen LogP contribution in [0.5, 0.6) is 0 Å². The molecule has 0 saturated heterocycles. The Morgan fingerprint density at radius 3 is 1.89 bits per heavy atom. The smallest absolute Gasteiger partial charge is 0.0519 e. The van der Waals surface area contributed by atoms with Crippen molar-refractivity contribution in [2.24, 2.45) is 5.73 Å². The number of nitrogens with two attached hydrogens (primary N) is 1. The Morgan fingerprint density at radius 1 is 0.943 bits per heavy atom. The summed E-state index contributed by atoms with van der Waals surface area (Å²) in [6.45, 7) is 22.1. The predicted octanol–water partition coefficient (Wildman–Crippen LogP) is 8.83. The van der Waals surface area contributed by atoms with Crippen LogP contribution >= 0.6 is 11.3 Å². The lowest BCUT2D eigenvalue weighted by Gasteiger charge is -2.21. The summed E-state index contributed by atoms with van der Waals surface area (Å²) < 4.78 is 0. The second kappa shape index (κ2) is 20.7. The lowest BCUT2D eigenvalue weighted by molar-refractivity contribution is 0.306. The van der Waals surface area contributed by atoms with Gasteiger partial charge in [-0.15, -0.1) is 24.2 Å². The minimum atomic E-state index is 0.104. The zero-order chi connectivity index (χ0) is 27.4. The molecule has 1 atom stereocenters. The van der Waals surface area contributed by atoms with Gasteiger partial charge >= 0.3 is 0 Å². The highest BCUT2D eigenvalue weighted by Crippen LogP contribution is 2.21. The number of likely N-dealkylation sites (N-methyl/N-ethyl adjacent to an activating group) is 1. The second-order valence-corrected chi connectivity index (χ2v) is 8.79. The number of terminal acetylenes is 1. The van der Waals surface area contributed by atoms with Crippen molar-refractivity contribution in [2.45, 2.75) is 68.0 Å². The molecule has 1 unspecified atom stereocenters. The van der Waals surface area contributed by atoms with E-state index in [2.05, 4.69) is 100.0 Å². The number of allylic oxidation sites excluding steroid dienone is 1. The van der Waals surface area contributed by atoms with Crippen molar-refractivity contribution < 1.29 is 0 Å². The number of rotatable bonds is 6. The zero-order valence-electron chi connectivity index (χ0n) is 23.6. The van der Waals surface area contributed by atoms with Gasteiger partial charge in [0.05, 0.1) is 6.04 Å². The SMILES string of the molecule is C#C.C=C(C)c1ccccc1C.CC.CC.Cc1csc(C(N)CN(C)Cc2ccccc2C)c1. The topological polar surface area (TPSA) is 29.3 Å². The summed E-state index contributed by atoms with van der Waals surface area (Å²) in [5.41, 5.74) is 14.0. The molecule has 0 saturated carbocycles. The van der Waals surface area contributed by atoms with Crippen molar-refractivity contribution in [1.82, 2.24) is 4.90 Å². The Morgan fingerprint density at radius 2 is 1.46 bits per heavy atom. The molecule has 1 aromatic heterocycles. The number of nitrogens with zero attached hydrogens (tertiary/aromatic N) is 1. The Balaban J connectivity index is 0. The van der Waals surface area contributed by atoms with Gasteiger partial charge in [0.15, 0.2) is 0 Å². The van der Waals surface area contributed by atoms with Gasteiger partial charge in [0.1, 0.15) is 0 Å². The highest BCUT2D eigenvalue weighted by atomic mass is 32.1. The van der Waals surface area contributed by atoms with Crippen molar-refractivity contribution in [3.63, 3.8) is 0 Å². The molecule has 0 spiro atoms. The van der Waals surface area contributed by atoms with Crippen LogP contribution in [0.1, 0.15) is 73.4 Å². The molecular weight excluding hydrogens is 444 g/mol. The minimum absolute atomic E-state index is 0.104. The van der Waals surface area contributed by atoms with Gasteiger partial charge in [0, 0.05) is 18.0 Å². The molecule has 35 heavy (non-hydrogen) atoms. The van der Waals surface area contributed by atoms with Crippen LogP contribution in [0.15, 0.2) is 66.6 Å². The summed E-state index contributed by atoms with van der Waals surface area (Å²) in [7, 11) is 2.13. The molecule has 0 radical (unpaired) electrons. The molecule has 2 nitrogen and oxygen atoms in total. The van der Waals surface area contributed by atoms with E-state index in [9.17, 15) is 0 Å². The highest BCUT2D eigenvalue weighted by molar-refractivity contribution is 7.10. The predicted molar refractivity (Wildman–Crippen MR) is 162 cm³/mol. The third-order valence-corrected chi connectivity index (χ3v) is 6.11. The number of hydrogen-bond donors (Lipinski definition) is 1. The molecule has 2 N–H and O–H groups in total. The molecule has 2 aromatic carbocycles. The summed E-state index contributed by atoms with van der Waals surface area (Å²) in [5.74, 6) is 0. The van der Waals surface area contributed by atoms with E-state index in [1.54, 1.807) is 11.3 Å². The van der Waals surface area contributed by atoms with Gasteiger partial charge in [0.2, 0.25) is 0 Å². The molecule has 0 fully saturated rings. The van der Waals surface area contributed by atoms with E-state index < -0.39 is 0 Å². The summed E-state index contributed by atoms with van der Waals surface area (Å²) in [5, 5.41) is 2.16. The van der Waals surface area contributed by atoms with E-state index in [0.29, 0.717) is 0 Å². The van der Waals surface area contributed by atoms with Gasteiger partial charge < -0.3 is 10.6 Å². The van der Waals surface area contributed by atoms with Gasteiger partial charge in [-0.2, -0.15) is 0 Å². The average Bonchev–Trinajstić information content (AvgIpc) is 3.31. The van der Waals surface area contributed by atoms with Crippen LogP contribution in [-0.4, -0.2) is 18.5 Å². The van der Waals surface area contributed by atoms with E-state index in [4.69, 9.17) is 5.73 Å². The van der Waals surface area contributed by atoms with Crippen LogP contribution in [0, 0.1) is 33.6 Å². The molecular formula is C32H48N2S. The van der Waals surface area contributed by atoms with Gasteiger partial charge in [-0.3, -0.25) is 0 Å². The monoisotopic (exact) mass is 492 g/mol. The van der Waals surface area contributed by atoms with Crippen LogP contribution in [0.2, 0.25) is 0 Å². The molecule has 3 aromatic rings. The molecule has 0 aliphatic rings. The quantitative estimate of drug-likeness (QED) is 0.348. The molecule has 0 aliphatic heterocycles. The summed E-state index contributed by atoms with van der Waals surface area (Å²) >= 11 is 1.76. The second-order valence-electron chi connectivity index (χ2n) is 7.85. The van der Waals surface area contributed by atoms with Crippen molar-refractivity contribution in [3.8, 4) is 12.8 Å². The lowest BCUT2D eigenvalue weighted by Crippen LogP contribution is -2.28. The van der Waals surface area contributed by atoms with Crippen LogP contribution in [0.25, 0.3) is 5.57 Å². The number of hydrogen-bond acceptors (Lipinski definition) is 3. The highest BCUT2D eigenvalue weighted by Gasteiger charge is 2.12. The Kier molecular flexibility index (Phi) is 20.4. The normalized spacial score (nSPS) is 10.1. The molecule has 3 rings (SSSR count). The summed E-state index contributed by atoms with van der Waals surface area (Å²) in [6.07, 6.45) is 8.00. The maximum Gasteiger partial charge on any atom is 0.0519 e. The van der Waals surface area contributed by atoms with E-state index >= 15 is 0 Å². The lowest BCUT2D eigenvalue weighted by atomic mass is 10.0. The van der Waals surface area contributed by atoms with Crippen molar-refractivity contribution in [2.75, 3.05) is 13.6 Å². The maximum atomic E-state index is 6.27. The van der Waals surface area contributed by atoms with Crippen LogP contribution < -0.4 is 5.73 Å². The molecule has 0 bridgehead atoms. The van der Waals surface area contributed by atoms with E-state index in [1.165, 1.54) is 32.7 Å². The van der Waals surface area contributed by atoms with Crippen molar-refractivity contribution in [3.05, 3.63) is 99.3 Å². The van der Waals surface area contributed by atoms with Gasteiger partial charge in [-0.05, 0) is 74.0 Å². The first-order valence-electron chi connectivity index (χ1n) is 12.4. The number of benzene rings is 2. The first-order chi connectivity index (χ1) is 16.8. The Hall–Kier alpha value is -2.64. The molecule has 1 heterocycles. The Bertz CT molecular complexity index is 968. The van der Waals surface area contributed by atoms with Crippen molar-refractivity contribution >= 4 is 16.9 Å². The van der Waals surface area contributed by atoms with Gasteiger partial charge in [0.25, 0.3) is 0 Å². The van der Waals surface area contributed by atoms with Crippen molar-refractivity contribution in [1.29, 1.82) is 0 Å². The number of thiophene rings is 1. The average molecular weight is 493 g/mol. The van der Waals surface area contributed by atoms with Gasteiger partial charge in [-0.1, -0.05) is 88.4 Å². The maximum absolute atomic E-state index is 6.27. The van der Waals surface area contributed by atoms with E-state index in [1.807, 2.05) is 46.8 Å². The third-order valence-electron chi connectivity index (χ3n) is 4.93. The molecule has 0 aliphatic carbocycles. The summed E-state index contributed by atoms with van der Waals surface area (Å²) in [4.78, 5) is 3.57. The van der Waals surface area contributed by atoms with Crippen LogP contribution in [0.4, 0.5) is 0 Å². The molecule has 0 amide bonds. The fourth-order valence-electron chi connectivity index (χ4n) is 3.27. The van der Waals surface area contributed by atoms with E-state index in [-0.39, 0.29) is 6.04 Å². The molecule has 3 heteroatoms. The first kappa shape index (κ1) is 34.5. The summed E-state index contributed by atoms with van der Waals surface area (Å²) in [6, 6.07) is 19.1. The Labute approximate surface area is 220 Å². The van der Waals surface area contributed by atoms with Crippen LogP contribution in [-0.2, 0) is 6.54 Å². The molecule has 192 valence electrons. The third kappa shape index (κ3) is 13.7. The largest absolute Gasteiger partial charge is 0.322 e.